The van der Waals surface area contributed by atoms with Gasteiger partial charge in [0, 0.05) is 15.5 Å². The third kappa shape index (κ3) is 4.28. The Bertz CT molecular complexity index is 485. The zero-order valence-corrected chi connectivity index (χ0v) is 14.5. The molecule has 0 bridgehead atoms. The molecule has 1 atom stereocenters. The number of aliphatic hydroxyl groups is 1. The van der Waals surface area contributed by atoms with Crippen molar-refractivity contribution < 1.29 is 9.90 Å². The van der Waals surface area contributed by atoms with Gasteiger partial charge in [0.2, 0.25) is 5.91 Å². The van der Waals surface area contributed by atoms with Crippen LogP contribution in [0.4, 0.5) is 5.69 Å². The van der Waals surface area contributed by atoms with Gasteiger partial charge in [-0.2, -0.15) is 0 Å². The minimum atomic E-state index is -0.311. The van der Waals surface area contributed by atoms with Crippen LogP contribution in [0.15, 0.2) is 21.1 Å². The summed E-state index contributed by atoms with van der Waals surface area (Å²) in [6.07, 6.45) is 1.45. The van der Waals surface area contributed by atoms with Crippen LogP contribution in [0.3, 0.4) is 0 Å². The van der Waals surface area contributed by atoms with Gasteiger partial charge in [-0.1, -0.05) is 0 Å². The van der Waals surface area contributed by atoms with Crippen LogP contribution in [0.25, 0.3) is 0 Å². The number of rotatable bonds is 3. The molecule has 0 aliphatic carbocycles. The molecule has 4 nitrogen and oxygen atoms in total. The van der Waals surface area contributed by atoms with Crippen molar-refractivity contribution >= 4 is 43.5 Å². The van der Waals surface area contributed by atoms with E-state index in [1.54, 1.807) is 0 Å². The number of anilines is 1. The molecule has 1 unspecified atom stereocenters. The Hall–Kier alpha value is -0.430. The summed E-state index contributed by atoms with van der Waals surface area (Å²) in [6.45, 7) is 3.74. The van der Waals surface area contributed by atoms with E-state index in [-0.39, 0.29) is 12.0 Å². The molecule has 2 rings (SSSR count). The van der Waals surface area contributed by atoms with E-state index < -0.39 is 0 Å². The molecule has 1 aromatic carbocycles. The van der Waals surface area contributed by atoms with Crippen molar-refractivity contribution in [2.75, 3.05) is 25.0 Å². The van der Waals surface area contributed by atoms with Gasteiger partial charge in [0.1, 0.15) is 0 Å². The molecule has 0 spiro atoms. The Morgan fingerprint density at radius 3 is 2.70 bits per heavy atom. The van der Waals surface area contributed by atoms with Gasteiger partial charge >= 0.3 is 0 Å². The third-order valence-electron chi connectivity index (χ3n) is 3.30. The van der Waals surface area contributed by atoms with E-state index in [1.807, 2.05) is 24.0 Å². The van der Waals surface area contributed by atoms with Gasteiger partial charge in [-0.05, 0) is 75.9 Å². The number of β-amino-alcohol motifs (C(OH)–C–C–N with tert-alkyl or cyclic N) is 1. The molecule has 20 heavy (non-hydrogen) atoms. The predicted molar refractivity (Wildman–Crippen MR) is 86.9 cm³/mol. The SMILES string of the molecule is Cc1cc(Br)c(NC(=O)CN2CCCC(O)C2)c(Br)c1. The van der Waals surface area contributed by atoms with Gasteiger partial charge < -0.3 is 10.4 Å². The molecule has 110 valence electrons. The van der Waals surface area contributed by atoms with Crippen LogP contribution >= 0.6 is 31.9 Å². The number of halogens is 2. The number of hydrogen-bond acceptors (Lipinski definition) is 3. The number of aryl methyl sites for hydroxylation is 1. The summed E-state index contributed by atoms with van der Waals surface area (Å²) in [4.78, 5) is 14.1. The third-order valence-corrected chi connectivity index (χ3v) is 4.55. The van der Waals surface area contributed by atoms with Crippen molar-refractivity contribution in [2.45, 2.75) is 25.9 Å². The van der Waals surface area contributed by atoms with Crippen molar-refractivity contribution in [1.82, 2.24) is 4.90 Å². The summed E-state index contributed by atoms with van der Waals surface area (Å²) in [5.74, 6) is -0.0654. The average Bonchev–Trinajstić information content (AvgIpc) is 2.33. The molecule has 1 aliphatic rings. The number of benzene rings is 1. The number of carbonyl (C=O) groups excluding carboxylic acids is 1. The van der Waals surface area contributed by atoms with E-state index in [0.29, 0.717) is 13.1 Å². The normalized spacial score (nSPS) is 19.9. The molecule has 0 aromatic heterocycles. The summed E-state index contributed by atoms with van der Waals surface area (Å²) in [5.41, 5.74) is 1.86. The standard InChI is InChI=1S/C14H18Br2N2O2/c1-9-5-11(15)14(12(16)6-9)17-13(20)8-18-4-2-3-10(19)7-18/h5-6,10,19H,2-4,7-8H2,1H3,(H,17,20). The number of likely N-dealkylation sites (tertiary alicyclic amines) is 1. The van der Waals surface area contributed by atoms with Crippen LogP contribution in [0.2, 0.25) is 0 Å². The predicted octanol–water partition coefficient (Wildman–Crippen LogP) is 2.92. The lowest BCUT2D eigenvalue weighted by atomic mass is 10.1. The number of nitrogens with zero attached hydrogens (tertiary/aromatic N) is 1. The van der Waals surface area contributed by atoms with Crippen LogP contribution in [-0.4, -0.2) is 41.7 Å². The number of amides is 1. The molecule has 1 amide bonds. The Kier molecular flexibility index (Phi) is 5.60. The quantitative estimate of drug-likeness (QED) is 0.812. The van der Waals surface area contributed by atoms with Gasteiger partial charge in [0.15, 0.2) is 0 Å². The molecule has 1 fully saturated rings. The maximum Gasteiger partial charge on any atom is 0.238 e. The van der Waals surface area contributed by atoms with Crippen LogP contribution in [0.5, 0.6) is 0 Å². The highest BCUT2D eigenvalue weighted by molar-refractivity contribution is 9.11. The minimum Gasteiger partial charge on any atom is -0.392 e. The number of nitrogens with one attached hydrogen (secondary N) is 1. The molecule has 0 saturated carbocycles. The molecule has 6 heteroatoms. The van der Waals surface area contributed by atoms with Crippen LogP contribution in [0.1, 0.15) is 18.4 Å². The topological polar surface area (TPSA) is 52.6 Å². The molecule has 1 heterocycles. The second-order valence-corrected chi connectivity index (χ2v) is 6.89. The molecule has 1 aliphatic heterocycles. The molecule has 0 radical (unpaired) electrons. The smallest absolute Gasteiger partial charge is 0.238 e. The monoisotopic (exact) mass is 404 g/mol. The minimum absolute atomic E-state index is 0.0654. The van der Waals surface area contributed by atoms with Crippen molar-refractivity contribution in [1.29, 1.82) is 0 Å². The first-order chi connectivity index (χ1) is 9.45. The van der Waals surface area contributed by atoms with Gasteiger partial charge in [-0.25, -0.2) is 0 Å². The number of aliphatic hydroxyl groups excluding tert-OH is 1. The fraction of sp³-hybridized carbons (Fsp3) is 0.500. The average molecular weight is 406 g/mol. The fourth-order valence-electron chi connectivity index (χ4n) is 2.38. The van der Waals surface area contributed by atoms with E-state index in [9.17, 15) is 9.90 Å². The highest BCUT2D eigenvalue weighted by Crippen LogP contribution is 2.32. The first kappa shape index (κ1) is 15.9. The number of carbonyl (C=O) groups is 1. The summed E-state index contributed by atoms with van der Waals surface area (Å²) >= 11 is 6.93. The highest BCUT2D eigenvalue weighted by atomic mass is 79.9. The van der Waals surface area contributed by atoms with Crippen LogP contribution < -0.4 is 5.32 Å². The second-order valence-electron chi connectivity index (χ2n) is 5.18. The molecule has 2 N–H and O–H groups in total. The summed E-state index contributed by atoms with van der Waals surface area (Å²) in [5, 5.41) is 12.5. The van der Waals surface area contributed by atoms with Gasteiger partial charge in [-0.15, -0.1) is 0 Å². The highest BCUT2D eigenvalue weighted by Gasteiger charge is 2.20. The van der Waals surface area contributed by atoms with E-state index in [2.05, 4.69) is 37.2 Å². The molecular formula is C14H18Br2N2O2. The summed E-state index contributed by atoms with van der Waals surface area (Å²) < 4.78 is 1.72. The van der Waals surface area contributed by atoms with E-state index in [0.717, 1.165) is 39.6 Å². The Labute approximate surface area is 135 Å². The van der Waals surface area contributed by atoms with Crippen molar-refractivity contribution in [3.8, 4) is 0 Å². The summed E-state index contributed by atoms with van der Waals surface area (Å²) in [6, 6.07) is 3.93. The maximum atomic E-state index is 12.1. The van der Waals surface area contributed by atoms with Crippen molar-refractivity contribution in [3.05, 3.63) is 26.6 Å². The van der Waals surface area contributed by atoms with E-state index >= 15 is 0 Å². The van der Waals surface area contributed by atoms with Gasteiger partial charge in [0.05, 0.1) is 18.3 Å². The van der Waals surface area contributed by atoms with Gasteiger partial charge in [-0.3, -0.25) is 9.69 Å². The lowest BCUT2D eigenvalue weighted by Gasteiger charge is -2.29. The zero-order valence-electron chi connectivity index (χ0n) is 11.3. The van der Waals surface area contributed by atoms with E-state index in [1.165, 1.54) is 0 Å². The van der Waals surface area contributed by atoms with Crippen molar-refractivity contribution in [3.63, 3.8) is 0 Å². The van der Waals surface area contributed by atoms with E-state index in [4.69, 9.17) is 0 Å². The maximum absolute atomic E-state index is 12.1. The molecule has 1 aromatic rings. The number of hydrogen-bond donors (Lipinski definition) is 2. The Morgan fingerprint density at radius 2 is 2.10 bits per heavy atom. The first-order valence-electron chi connectivity index (χ1n) is 6.61. The first-order valence-corrected chi connectivity index (χ1v) is 8.20. The number of piperidine rings is 1. The largest absolute Gasteiger partial charge is 0.392 e. The molecule has 1 saturated heterocycles. The Morgan fingerprint density at radius 1 is 1.45 bits per heavy atom. The molecular weight excluding hydrogens is 388 g/mol. The zero-order chi connectivity index (χ0) is 14.7. The lowest BCUT2D eigenvalue weighted by molar-refractivity contribution is -0.118. The fourth-order valence-corrected chi connectivity index (χ4v) is 3.99. The lowest BCUT2D eigenvalue weighted by Crippen LogP contribution is -2.42. The van der Waals surface area contributed by atoms with Gasteiger partial charge in [0.25, 0.3) is 0 Å². The summed E-state index contributed by atoms with van der Waals surface area (Å²) in [7, 11) is 0. The van der Waals surface area contributed by atoms with Crippen molar-refractivity contribution in [2.24, 2.45) is 0 Å². The van der Waals surface area contributed by atoms with Crippen LogP contribution in [0, 0.1) is 6.92 Å². The second kappa shape index (κ2) is 7.02. The Balaban J connectivity index is 1.98. The van der Waals surface area contributed by atoms with Crippen LogP contribution in [-0.2, 0) is 4.79 Å².